The summed E-state index contributed by atoms with van der Waals surface area (Å²) in [6, 6.07) is 4.69. The molecule has 1 aromatic carbocycles. The molecular formula is C12H10ClFN2O4S. The number of hydrogen-bond donors (Lipinski definition) is 2. The number of anilines is 1. The highest BCUT2D eigenvalue weighted by molar-refractivity contribution is 7.92. The largest absolute Gasteiger partial charge is 0.477 e. The molecule has 0 amide bonds. The maximum atomic E-state index is 13.6. The fourth-order valence-corrected chi connectivity index (χ4v) is 3.11. The SMILES string of the molecule is Cn1cc(S(=O)(=O)Nc2c(F)cccc2Cl)cc1C(=O)O. The zero-order chi connectivity index (χ0) is 15.8. The van der Waals surface area contributed by atoms with E-state index < -0.39 is 21.8 Å². The Labute approximate surface area is 124 Å². The topological polar surface area (TPSA) is 88.4 Å². The van der Waals surface area contributed by atoms with E-state index in [0.29, 0.717) is 0 Å². The van der Waals surface area contributed by atoms with Gasteiger partial charge < -0.3 is 9.67 Å². The lowest BCUT2D eigenvalue weighted by atomic mass is 10.3. The Bertz CT molecular complexity index is 796. The molecule has 1 aromatic heterocycles. The molecule has 0 radical (unpaired) electrons. The van der Waals surface area contributed by atoms with Crippen LogP contribution in [-0.2, 0) is 17.1 Å². The minimum absolute atomic E-state index is 0.104. The van der Waals surface area contributed by atoms with Gasteiger partial charge in [-0.2, -0.15) is 0 Å². The van der Waals surface area contributed by atoms with E-state index in [-0.39, 0.29) is 21.3 Å². The quantitative estimate of drug-likeness (QED) is 0.899. The monoisotopic (exact) mass is 332 g/mol. The van der Waals surface area contributed by atoms with E-state index in [4.69, 9.17) is 16.7 Å². The van der Waals surface area contributed by atoms with Crippen LogP contribution in [0.15, 0.2) is 35.4 Å². The Balaban J connectivity index is 2.44. The fourth-order valence-electron chi connectivity index (χ4n) is 1.68. The van der Waals surface area contributed by atoms with Crippen LogP contribution in [0.1, 0.15) is 10.5 Å². The first-order valence-electron chi connectivity index (χ1n) is 5.59. The van der Waals surface area contributed by atoms with Gasteiger partial charge in [0.05, 0.1) is 5.02 Å². The van der Waals surface area contributed by atoms with E-state index in [0.717, 1.165) is 22.9 Å². The number of aromatic nitrogens is 1. The maximum absolute atomic E-state index is 13.6. The fraction of sp³-hybridized carbons (Fsp3) is 0.0833. The first-order chi connectivity index (χ1) is 9.72. The van der Waals surface area contributed by atoms with Gasteiger partial charge in [-0.05, 0) is 18.2 Å². The predicted octanol–water partition coefficient (Wildman–Crippen LogP) is 2.32. The van der Waals surface area contributed by atoms with Crippen LogP contribution in [0.25, 0.3) is 0 Å². The van der Waals surface area contributed by atoms with E-state index in [9.17, 15) is 17.6 Å². The van der Waals surface area contributed by atoms with Crippen LogP contribution in [0.3, 0.4) is 0 Å². The first kappa shape index (κ1) is 15.3. The lowest BCUT2D eigenvalue weighted by molar-refractivity contribution is 0.0686. The lowest BCUT2D eigenvalue weighted by Crippen LogP contribution is -2.13. The molecule has 2 rings (SSSR count). The summed E-state index contributed by atoms with van der Waals surface area (Å²) in [5, 5.41) is 8.80. The lowest BCUT2D eigenvalue weighted by Gasteiger charge is -2.09. The predicted molar refractivity (Wildman–Crippen MR) is 74.6 cm³/mol. The van der Waals surface area contributed by atoms with Crippen LogP contribution >= 0.6 is 11.6 Å². The highest BCUT2D eigenvalue weighted by Gasteiger charge is 2.22. The number of aromatic carboxylic acids is 1. The van der Waals surface area contributed by atoms with Gasteiger partial charge >= 0.3 is 5.97 Å². The van der Waals surface area contributed by atoms with Crippen molar-refractivity contribution in [3.05, 3.63) is 47.0 Å². The third-order valence-electron chi connectivity index (χ3n) is 2.71. The first-order valence-corrected chi connectivity index (χ1v) is 7.45. The summed E-state index contributed by atoms with van der Waals surface area (Å²) in [5.41, 5.74) is -0.602. The summed E-state index contributed by atoms with van der Waals surface area (Å²) >= 11 is 5.74. The summed E-state index contributed by atoms with van der Waals surface area (Å²) in [4.78, 5) is 10.6. The standard InChI is InChI=1S/C12H10ClFN2O4S/c1-16-6-7(5-10(16)12(17)18)21(19,20)15-11-8(13)3-2-4-9(11)14/h2-6,15H,1H3,(H,17,18). The molecule has 112 valence electrons. The van der Waals surface area contributed by atoms with Crippen molar-refractivity contribution in [2.75, 3.05) is 4.72 Å². The zero-order valence-electron chi connectivity index (χ0n) is 10.7. The van der Waals surface area contributed by atoms with Crippen LogP contribution < -0.4 is 4.72 Å². The normalized spacial score (nSPS) is 11.4. The number of aryl methyl sites for hydroxylation is 1. The van der Waals surface area contributed by atoms with Crippen LogP contribution in [0.4, 0.5) is 10.1 Å². The van der Waals surface area contributed by atoms with E-state index in [2.05, 4.69) is 0 Å². The third-order valence-corrected chi connectivity index (χ3v) is 4.34. The van der Waals surface area contributed by atoms with Gasteiger partial charge in [0.25, 0.3) is 10.0 Å². The van der Waals surface area contributed by atoms with Gasteiger partial charge in [0, 0.05) is 13.2 Å². The Morgan fingerprint density at radius 2 is 2.10 bits per heavy atom. The van der Waals surface area contributed by atoms with Crippen molar-refractivity contribution in [2.24, 2.45) is 7.05 Å². The molecule has 2 aromatic rings. The number of benzene rings is 1. The highest BCUT2D eigenvalue weighted by atomic mass is 35.5. The van der Waals surface area contributed by atoms with Crippen LogP contribution in [0, 0.1) is 5.82 Å². The van der Waals surface area contributed by atoms with Crippen molar-refractivity contribution < 1.29 is 22.7 Å². The molecule has 21 heavy (non-hydrogen) atoms. The smallest absolute Gasteiger partial charge is 0.352 e. The minimum Gasteiger partial charge on any atom is -0.477 e. The van der Waals surface area contributed by atoms with Gasteiger partial charge in [0.15, 0.2) is 0 Å². The van der Waals surface area contributed by atoms with Crippen molar-refractivity contribution in [2.45, 2.75) is 4.90 Å². The molecular weight excluding hydrogens is 323 g/mol. The zero-order valence-corrected chi connectivity index (χ0v) is 12.2. The van der Waals surface area contributed by atoms with Crippen molar-refractivity contribution >= 4 is 33.3 Å². The Morgan fingerprint density at radius 3 is 2.62 bits per heavy atom. The summed E-state index contributed by atoms with van der Waals surface area (Å²) in [7, 11) is -2.76. The minimum atomic E-state index is -4.15. The third kappa shape index (κ3) is 3.01. The maximum Gasteiger partial charge on any atom is 0.352 e. The number of nitrogens with one attached hydrogen (secondary N) is 1. The number of nitrogens with zero attached hydrogens (tertiary/aromatic N) is 1. The van der Waals surface area contributed by atoms with E-state index >= 15 is 0 Å². The summed E-state index contributed by atoms with van der Waals surface area (Å²) in [5.74, 6) is -2.11. The molecule has 0 aliphatic carbocycles. The van der Waals surface area contributed by atoms with Gasteiger partial charge in [0.2, 0.25) is 0 Å². The Kier molecular flexibility index (Phi) is 3.93. The second-order valence-corrected chi connectivity index (χ2v) is 6.27. The Morgan fingerprint density at radius 1 is 1.43 bits per heavy atom. The van der Waals surface area contributed by atoms with Crippen molar-refractivity contribution in [1.29, 1.82) is 0 Å². The molecule has 0 bridgehead atoms. The summed E-state index contributed by atoms with van der Waals surface area (Å²) < 4.78 is 41.0. The van der Waals surface area contributed by atoms with Gasteiger partial charge in [0.1, 0.15) is 22.1 Å². The molecule has 0 fully saturated rings. The number of carboxylic acids is 1. The van der Waals surface area contributed by atoms with Crippen molar-refractivity contribution in [3.63, 3.8) is 0 Å². The number of carbonyl (C=O) groups is 1. The van der Waals surface area contributed by atoms with Crippen LogP contribution in [0.5, 0.6) is 0 Å². The molecule has 2 N–H and O–H groups in total. The number of hydrogen-bond acceptors (Lipinski definition) is 3. The molecule has 0 atom stereocenters. The molecule has 0 saturated carbocycles. The number of rotatable bonds is 4. The molecule has 0 aliphatic heterocycles. The number of carboxylic acid groups (broad SMARTS) is 1. The summed E-state index contributed by atoms with van der Waals surface area (Å²) in [6.07, 6.45) is 1.11. The number of halogens is 2. The molecule has 0 spiro atoms. The summed E-state index contributed by atoms with van der Waals surface area (Å²) in [6.45, 7) is 0. The van der Waals surface area contributed by atoms with Crippen LogP contribution in [-0.4, -0.2) is 24.1 Å². The molecule has 6 nitrogen and oxygen atoms in total. The highest BCUT2D eigenvalue weighted by Crippen LogP contribution is 2.27. The second-order valence-electron chi connectivity index (χ2n) is 4.18. The van der Waals surface area contributed by atoms with Crippen molar-refractivity contribution in [1.82, 2.24) is 4.57 Å². The van der Waals surface area contributed by atoms with Crippen LogP contribution in [0.2, 0.25) is 5.02 Å². The second kappa shape index (κ2) is 5.38. The molecule has 1 heterocycles. The van der Waals surface area contributed by atoms with Gasteiger partial charge in [-0.15, -0.1) is 0 Å². The van der Waals surface area contributed by atoms with Crippen molar-refractivity contribution in [3.8, 4) is 0 Å². The van der Waals surface area contributed by atoms with Gasteiger partial charge in [-0.3, -0.25) is 4.72 Å². The number of sulfonamides is 1. The van der Waals surface area contributed by atoms with Gasteiger partial charge in [-0.1, -0.05) is 17.7 Å². The van der Waals surface area contributed by atoms with Gasteiger partial charge in [-0.25, -0.2) is 17.6 Å². The average Bonchev–Trinajstić information content (AvgIpc) is 2.77. The molecule has 0 aliphatic rings. The average molecular weight is 333 g/mol. The van der Waals surface area contributed by atoms with E-state index in [1.807, 2.05) is 4.72 Å². The van der Waals surface area contributed by atoms with E-state index in [1.54, 1.807) is 0 Å². The van der Waals surface area contributed by atoms with E-state index in [1.165, 1.54) is 19.2 Å². The number of para-hydroxylation sites is 1. The Hall–Kier alpha value is -2.06. The molecule has 9 heteroatoms. The molecule has 0 unspecified atom stereocenters. The molecule has 0 saturated heterocycles.